The first-order valence-electron chi connectivity index (χ1n) is 13.4. The molecule has 0 aliphatic carbocycles. The highest BCUT2D eigenvalue weighted by molar-refractivity contribution is 6.11. The van der Waals surface area contributed by atoms with Crippen molar-refractivity contribution >= 4 is 23.6 Å². The summed E-state index contributed by atoms with van der Waals surface area (Å²) < 4.78 is 17.5. The van der Waals surface area contributed by atoms with E-state index in [-0.39, 0.29) is 17.3 Å². The summed E-state index contributed by atoms with van der Waals surface area (Å²) in [5.41, 5.74) is 3.94. The number of nitrogens with zero attached hydrogens (tertiary/aromatic N) is 1. The second-order valence-corrected chi connectivity index (χ2v) is 9.56. The minimum Gasteiger partial charge on any atom is -0.497 e. The fourth-order valence-corrected chi connectivity index (χ4v) is 4.27. The van der Waals surface area contributed by atoms with Gasteiger partial charge in [-0.15, -0.1) is 0 Å². The topological polar surface area (TPSA) is 48.0 Å². The van der Waals surface area contributed by atoms with Gasteiger partial charge in [0.2, 0.25) is 0 Å². The third-order valence-corrected chi connectivity index (χ3v) is 6.52. The molecule has 1 aliphatic heterocycles. The Bertz CT molecular complexity index is 1280. The Kier molecular flexibility index (Phi) is 9.26. The highest BCUT2D eigenvalue weighted by atomic mass is 16.5. The van der Waals surface area contributed by atoms with Gasteiger partial charge in [-0.2, -0.15) is 0 Å². The van der Waals surface area contributed by atoms with Crippen LogP contribution in [0.25, 0.3) is 12.2 Å². The molecule has 38 heavy (non-hydrogen) atoms. The molecule has 3 aromatic carbocycles. The highest BCUT2D eigenvalue weighted by Crippen LogP contribution is 2.36. The van der Waals surface area contributed by atoms with Crippen molar-refractivity contribution < 1.29 is 19.0 Å². The average molecular weight is 512 g/mol. The zero-order chi connectivity index (χ0) is 26.9. The monoisotopic (exact) mass is 511 g/mol. The summed E-state index contributed by atoms with van der Waals surface area (Å²) in [6, 6.07) is 21.5. The predicted molar refractivity (Wildman–Crippen MR) is 155 cm³/mol. The minimum atomic E-state index is -0.314. The van der Waals surface area contributed by atoms with E-state index in [9.17, 15) is 4.79 Å². The predicted octanol–water partition coefficient (Wildman–Crippen LogP) is 7.83. The zero-order valence-corrected chi connectivity index (χ0v) is 22.8. The molecule has 0 aromatic heterocycles. The summed E-state index contributed by atoms with van der Waals surface area (Å²) in [7, 11) is 1.62. The molecule has 198 valence electrons. The van der Waals surface area contributed by atoms with Crippen molar-refractivity contribution in [3.63, 3.8) is 0 Å². The van der Waals surface area contributed by atoms with Crippen LogP contribution in [0.1, 0.15) is 56.2 Å². The Morgan fingerprint density at radius 2 is 1.32 bits per heavy atom. The molecule has 0 bridgehead atoms. The number of ketones is 1. The van der Waals surface area contributed by atoms with E-state index >= 15 is 0 Å². The van der Waals surface area contributed by atoms with Crippen LogP contribution >= 0.6 is 0 Å². The highest BCUT2D eigenvalue weighted by Gasteiger charge is 2.26. The number of hydrogen-bond donors (Lipinski definition) is 0. The Labute approximate surface area is 226 Å². The summed E-state index contributed by atoms with van der Waals surface area (Å²) in [5, 5.41) is 0. The summed E-state index contributed by atoms with van der Waals surface area (Å²) in [5.74, 6) is 1.87. The SMILES string of the molecule is CCCCN(CCCC)c1ccc(/C=C2\Oc3cc(C)ccc3O/C(=C\c3ccc(OC)cc3)C2=O)cc1. The molecule has 4 rings (SSSR count). The molecular formula is C33H37NO4. The van der Waals surface area contributed by atoms with Crippen molar-refractivity contribution in [2.45, 2.75) is 46.5 Å². The van der Waals surface area contributed by atoms with Gasteiger partial charge in [0.05, 0.1) is 7.11 Å². The van der Waals surface area contributed by atoms with Gasteiger partial charge in [0.25, 0.3) is 5.78 Å². The van der Waals surface area contributed by atoms with E-state index in [2.05, 4.69) is 30.9 Å². The smallest absolute Gasteiger partial charge is 0.263 e. The molecule has 0 saturated carbocycles. The van der Waals surface area contributed by atoms with Gasteiger partial charge in [0.1, 0.15) is 5.75 Å². The zero-order valence-electron chi connectivity index (χ0n) is 22.8. The van der Waals surface area contributed by atoms with Crippen LogP contribution in [0.4, 0.5) is 5.69 Å². The molecule has 0 fully saturated rings. The summed E-state index contributed by atoms with van der Waals surface area (Å²) >= 11 is 0. The average Bonchev–Trinajstić information content (AvgIpc) is 3.05. The molecule has 1 heterocycles. The number of methoxy groups -OCH3 is 1. The quantitative estimate of drug-likeness (QED) is 0.260. The van der Waals surface area contributed by atoms with Crippen LogP contribution in [0.5, 0.6) is 17.2 Å². The Morgan fingerprint density at radius 1 is 0.763 bits per heavy atom. The van der Waals surface area contributed by atoms with Gasteiger partial charge in [-0.3, -0.25) is 4.79 Å². The number of carbonyl (C=O) groups excluding carboxylic acids is 1. The Morgan fingerprint density at radius 3 is 1.87 bits per heavy atom. The fraction of sp³-hybridized carbons (Fsp3) is 0.303. The van der Waals surface area contributed by atoms with E-state index in [1.54, 1.807) is 19.3 Å². The normalized spacial score (nSPS) is 15.0. The molecule has 5 heteroatoms. The van der Waals surface area contributed by atoms with Crippen molar-refractivity contribution in [2.24, 2.45) is 0 Å². The molecule has 0 atom stereocenters. The molecule has 0 radical (unpaired) electrons. The minimum absolute atomic E-state index is 0.200. The maximum absolute atomic E-state index is 13.6. The van der Waals surface area contributed by atoms with Gasteiger partial charge < -0.3 is 19.1 Å². The number of hydrogen-bond acceptors (Lipinski definition) is 5. The first-order chi connectivity index (χ1) is 18.5. The second-order valence-electron chi connectivity index (χ2n) is 9.56. The van der Waals surface area contributed by atoms with Crippen molar-refractivity contribution in [3.05, 3.63) is 94.9 Å². The number of ether oxygens (including phenoxy) is 3. The third-order valence-electron chi connectivity index (χ3n) is 6.52. The molecular weight excluding hydrogens is 474 g/mol. The summed E-state index contributed by atoms with van der Waals surface area (Å²) in [6.07, 6.45) is 8.19. The van der Waals surface area contributed by atoms with Crippen LogP contribution in [-0.2, 0) is 4.79 Å². The lowest BCUT2D eigenvalue weighted by atomic mass is 10.1. The van der Waals surface area contributed by atoms with Crippen LogP contribution in [0.2, 0.25) is 0 Å². The number of rotatable bonds is 10. The van der Waals surface area contributed by atoms with Crippen LogP contribution in [-0.4, -0.2) is 26.0 Å². The molecule has 3 aromatic rings. The van der Waals surface area contributed by atoms with Crippen LogP contribution in [0, 0.1) is 6.92 Å². The number of unbranched alkanes of at least 4 members (excludes halogenated alkanes) is 2. The van der Waals surface area contributed by atoms with Crippen LogP contribution in [0.3, 0.4) is 0 Å². The van der Waals surface area contributed by atoms with Crippen molar-refractivity contribution in [3.8, 4) is 17.2 Å². The number of carbonyl (C=O) groups is 1. The van der Waals surface area contributed by atoms with Crippen molar-refractivity contribution in [1.29, 1.82) is 0 Å². The number of Topliss-reactive ketones (excluding diaryl/α,β-unsaturated/α-hetero) is 1. The van der Waals surface area contributed by atoms with Gasteiger partial charge in [-0.1, -0.05) is 57.0 Å². The first kappa shape index (κ1) is 27.1. The second kappa shape index (κ2) is 13.0. The molecule has 1 aliphatic rings. The van der Waals surface area contributed by atoms with Gasteiger partial charge in [-0.05, 0) is 85.0 Å². The van der Waals surface area contributed by atoms with Crippen molar-refractivity contribution in [2.75, 3.05) is 25.1 Å². The van der Waals surface area contributed by atoms with E-state index in [1.165, 1.54) is 31.4 Å². The molecule has 0 N–H and O–H groups in total. The number of aryl methyl sites for hydroxylation is 1. The van der Waals surface area contributed by atoms with Gasteiger partial charge >= 0.3 is 0 Å². The summed E-state index contributed by atoms with van der Waals surface area (Å²) in [4.78, 5) is 16.1. The largest absolute Gasteiger partial charge is 0.497 e. The van der Waals surface area contributed by atoms with E-state index in [0.717, 1.165) is 35.5 Å². The molecule has 0 saturated heterocycles. The van der Waals surface area contributed by atoms with E-state index in [1.807, 2.05) is 61.5 Å². The number of fused-ring (bicyclic) bond motifs is 1. The maximum atomic E-state index is 13.6. The van der Waals surface area contributed by atoms with Crippen LogP contribution < -0.4 is 19.1 Å². The lowest BCUT2D eigenvalue weighted by Crippen LogP contribution is -2.25. The Balaban J connectivity index is 1.66. The molecule has 0 spiro atoms. The van der Waals surface area contributed by atoms with Gasteiger partial charge in [0, 0.05) is 18.8 Å². The maximum Gasteiger partial charge on any atom is 0.263 e. The molecule has 0 amide bonds. The van der Waals surface area contributed by atoms with E-state index < -0.39 is 0 Å². The lowest BCUT2D eigenvalue weighted by Gasteiger charge is -2.24. The third kappa shape index (κ3) is 6.86. The standard InChI is InChI=1S/C33H37NO4/c1-5-7-19-34(20-8-6-2)27-14-10-25(11-15-27)22-32-33(35)31(23-26-12-16-28(36-4)17-13-26)37-29-18-9-24(3)21-30(29)38-32/h9-18,21-23H,5-8,19-20H2,1-4H3/b31-23-,32-22-. The van der Waals surface area contributed by atoms with Crippen molar-refractivity contribution in [1.82, 2.24) is 0 Å². The van der Waals surface area contributed by atoms with E-state index in [0.29, 0.717) is 11.5 Å². The first-order valence-corrected chi connectivity index (χ1v) is 13.4. The summed E-state index contributed by atoms with van der Waals surface area (Å²) in [6.45, 7) is 8.52. The Hall–Kier alpha value is -3.99. The number of benzene rings is 3. The van der Waals surface area contributed by atoms with Gasteiger partial charge in [0.15, 0.2) is 23.0 Å². The molecule has 0 unspecified atom stereocenters. The fourth-order valence-electron chi connectivity index (χ4n) is 4.27. The number of anilines is 1. The lowest BCUT2D eigenvalue weighted by molar-refractivity contribution is -0.115. The van der Waals surface area contributed by atoms with Gasteiger partial charge in [-0.25, -0.2) is 0 Å². The molecule has 5 nitrogen and oxygen atoms in total. The van der Waals surface area contributed by atoms with Crippen LogP contribution in [0.15, 0.2) is 78.2 Å². The van der Waals surface area contributed by atoms with E-state index in [4.69, 9.17) is 14.2 Å².